The molecule has 150 valence electrons. The van der Waals surface area contributed by atoms with E-state index in [1.54, 1.807) is 24.3 Å². The number of benzene rings is 2. The highest BCUT2D eigenvalue weighted by atomic mass is 32.2. The summed E-state index contributed by atoms with van der Waals surface area (Å²) < 4.78 is 63.0. The van der Waals surface area contributed by atoms with Crippen LogP contribution in [0.1, 0.15) is 12.8 Å². The van der Waals surface area contributed by atoms with Crippen LogP contribution in [-0.2, 0) is 14.6 Å². The molecule has 5 nitrogen and oxygen atoms in total. The highest BCUT2D eigenvalue weighted by molar-refractivity contribution is 7.92. The fraction of sp³-hybridized carbons (Fsp3) is 0.316. The van der Waals surface area contributed by atoms with Crippen LogP contribution in [0.2, 0.25) is 0 Å². The zero-order valence-electron chi connectivity index (χ0n) is 14.8. The molecule has 0 radical (unpaired) electrons. The lowest BCUT2D eigenvalue weighted by Gasteiger charge is -2.34. The number of carbonyl (C=O) groups is 1. The van der Waals surface area contributed by atoms with E-state index in [4.69, 9.17) is 0 Å². The third kappa shape index (κ3) is 4.14. The van der Waals surface area contributed by atoms with Gasteiger partial charge >= 0.3 is 5.51 Å². The Kier molecular flexibility index (Phi) is 5.64. The molecule has 9 heteroatoms. The number of carbonyl (C=O) groups excluding carboxylic acids is 1. The van der Waals surface area contributed by atoms with Crippen LogP contribution in [0.15, 0.2) is 59.5 Å². The molecular weight excluding hydrogens is 393 g/mol. The molecule has 0 aliphatic carbocycles. The molecule has 1 fully saturated rings. The minimum absolute atomic E-state index is 0.0305. The number of alkyl halides is 3. The number of nitrogens with one attached hydrogen (secondary N) is 1. The predicted molar refractivity (Wildman–Crippen MR) is 99.7 cm³/mol. The van der Waals surface area contributed by atoms with Crippen LogP contribution in [0.25, 0.3) is 0 Å². The maximum absolute atomic E-state index is 13.0. The van der Waals surface area contributed by atoms with Crippen LogP contribution in [0.3, 0.4) is 0 Å². The molecule has 0 saturated carbocycles. The maximum atomic E-state index is 13.0. The van der Waals surface area contributed by atoms with Crippen LogP contribution < -0.4 is 10.2 Å². The summed E-state index contributed by atoms with van der Waals surface area (Å²) in [5, 5.41) is 2.79. The molecule has 1 aliphatic rings. The van der Waals surface area contributed by atoms with Gasteiger partial charge in [0.15, 0.2) is 0 Å². The Bertz CT molecular complexity index is 946. The molecule has 3 rings (SSSR count). The van der Waals surface area contributed by atoms with Crippen LogP contribution in [-0.4, -0.2) is 32.9 Å². The van der Waals surface area contributed by atoms with Crippen molar-refractivity contribution in [2.45, 2.75) is 23.2 Å². The molecule has 2 aromatic carbocycles. The van der Waals surface area contributed by atoms with Crippen LogP contribution in [0.5, 0.6) is 0 Å². The highest BCUT2D eigenvalue weighted by Crippen LogP contribution is 2.37. The lowest BCUT2D eigenvalue weighted by atomic mass is 9.96. The Morgan fingerprint density at radius 2 is 1.68 bits per heavy atom. The summed E-state index contributed by atoms with van der Waals surface area (Å²) in [6.45, 7) is 0.516. The van der Waals surface area contributed by atoms with E-state index in [1.807, 2.05) is 6.07 Å². The molecular formula is C19H19F3N2O3S. The number of amides is 1. The summed E-state index contributed by atoms with van der Waals surface area (Å²) in [6.07, 6.45) is 1.14. The van der Waals surface area contributed by atoms with Crippen molar-refractivity contribution >= 4 is 27.1 Å². The number of nitrogens with zero attached hydrogens (tertiary/aromatic N) is 1. The molecule has 1 aliphatic heterocycles. The van der Waals surface area contributed by atoms with Crippen LogP contribution >= 0.6 is 0 Å². The third-order valence-corrected chi connectivity index (χ3v) is 6.17. The van der Waals surface area contributed by atoms with Gasteiger partial charge in [0.05, 0.1) is 16.5 Å². The van der Waals surface area contributed by atoms with E-state index < -0.39 is 26.2 Å². The van der Waals surface area contributed by atoms with E-state index in [0.29, 0.717) is 25.1 Å². The van der Waals surface area contributed by atoms with Crippen molar-refractivity contribution in [2.75, 3.05) is 23.3 Å². The normalized spacial score (nSPS) is 18.0. The van der Waals surface area contributed by atoms with Crippen molar-refractivity contribution in [3.8, 4) is 0 Å². The summed E-state index contributed by atoms with van der Waals surface area (Å²) in [6, 6.07) is 13.9. The number of piperidine rings is 1. The van der Waals surface area contributed by atoms with Gasteiger partial charge in [0, 0.05) is 18.8 Å². The standard InChI is InChI=1S/C19H19F3N2O3S/c20-19(21,22)28(26,27)17-11-5-4-10-16(17)24-12-6-7-14(13-24)18(25)23-15-8-2-1-3-9-15/h1-5,8-11,14H,6-7,12-13H2,(H,23,25). The first kappa shape index (κ1) is 20.2. The van der Waals surface area contributed by atoms with E-state index >= 15 is 0 Å². The van der Waals surface area contributed by atoms with Gasteiger partial charge in [0.25, 0.3) is 9.84 Å². The summed E-state index contributed by atoms with van der Waals surface area (Å²) in [5.41, 5.74) is -4.79. The number of para-hydroxylation sites is 2. The number of rotatable bonds is 4. The van der Waals surface area contributed by atoms with Crippen molar-refractivity contribution < 1.29 is 26.4 Å². The van der Waals surface area contributed by atoms with E-state index in [-0.39, 0.29) is 18.1 Å². The van der Waals surface area contributed by atoms with Gasteiger partial charge in [-0.25, -0.2) is 8.42 Å². The monoisotopic (exact) mass is 412 g/mol. The van der Waals surface area contributed by atoms with Gasteiger partial charge in [-0.2, -0.15) is 13.2 Å². The molecule has 1 atom stereocenters. The van der Waals surface area contributed by atoms with Crippen LogP contribution in [0.4, 0.5) is 24.5 Å². The van der Waals surface area contributed by atoms with Gasteiger partial charge in [-0.3, -0.25) is 4.79 Å². The zero-order valence-corrected chi connectivity index (χ0v) is 15.6. The van der Waals surface area contributed by atoms with Gasteiger partial charge in [-0.1, -0.05) is 30.3 Å². The van der Waals surface area contributed by atoms with Crippen molar-refractivity contribution in [1.82, 2.24) is 0 Å². The van der Waals surface area contributed by atoms with Crippen molar-refractivity contribution in [3.05, 3.63) is 54.6 Å². The molecule has 2 aromatic rings. The predicted octanol–water partition coefficient (Wildman–Crippen LogP) is 3.84. The number of sulfone groups is 1. The molecule has 0 aromatic heterocycles. The summed E-state index contributed by atoms with van der Waals surface area (Å²) >= 11 is 0. The minimum Gasteiger partial charge on any atom is -0.370 e. The quantitative estimate of drug-likeness (QED) is 0.829. The largest absolute Gasteiger partial charge is 0.501 e. The molecule has 1 unspecified atom stereocenters. The zero-order chi connectivity index (χ0) is 20.4. The fourth-order valence-electron chi connectivity index (χ4n) is 3.25. The summed E-state index contributed by atoms with van der Waals surface area (Å²) in [5.74, 6) is -0.706. The fourth-order valence-corrected chi connectivity index (χ4v) is 4.23. The van der Waals surface area contributed by atoms with Crippen molar-refractivity contribution in [1.29, 1.82) is 0 Å². The smallest absolute Gasteiger partial charge is 0.370 e. The average molecular weight is 412 g/mol. The third-order valence-electron chi connectivity index (χ3n) is 4.63. The first-order valence-electron chi connectivity index (χ1n) is 8.71. The molecule has 28 heavy (non-hydrogen) atoms. The van der Waals surface area contributed by atoms with E-state index in [1.165, 1.54) is 23.1 Å². The molecule has 0 bridgehead atoms. The maximum Gasteiger partial charge on any atom is 0.501 e. The number of anilines is 2. The lowest BCUT2D eigenvalue weighted by Crippen LogP contribution is -2.41. The Morgan fingerprint density at radius 3 is 2.36 bits per heavy atom. The second kappa shape index (κ2) is 7.83. The molecule has 1 amide bonds. The molecule has 0 spiro atoms. The Morgan fingerprint density at radius 1 is 1.04 bits per heavy atom. The number of halogens is 3. The lowest BCUT2D eigenvalue weighted by molar-refractivity contribution is -0.120. The molecule has 1 heterocycles. The van der Waals surface area contributed by atoms with Crippen molar-refractivity contribution in [2.24, 2.45) is 5.92 Å². The van der Waals surface area contributed by atoms with E-state index in [2.05, 4.69) is 5.32 Å². The Balaban J connectivity index is 1.83. The van der Waals surface area contributed by atoms with Crippen LogP contribution in [0, 0.1) is 5.92 Å². The molecule has 1 saturated heterocycles. The average Bonchev–Trinajstić information content (AvgIpc) is 2.68. The van der Waals surface area contributed by atoms with Gasteiger partial charge in [-0.15, -0.1) is 0 Å². The highest BCUT2D eigenvalue weighted by Gasteiger charge is 2.48. The second-order valence-corrected chi connectivity index (χ2v) is 8.47. The SMILES string of the molecule is O=C(Nc1ccccc1)C1CCCN(c2ccccc2S(=O)(=O)C(F)(F)F)C1. The topological polar surface area (TPSA) is 66.5 Å². The van der Waals surface area contributed by atoms with Gasteiger partial charge in [0.1, 0.15) is 0 Å². The van der Waals surface area contributed by atoms with Crippen molar-refractivity contribution in [3.63, 3.8) is 0 Å². The summed E-state index contributed by atoms with van der Waals surface area (Å²) in [7, 11) is -5.48. The van der Waals surface area contributed by atoms with E-state index in [9.17, 15) is 26.4 Å². The minimum atomic E-state index is -5.48. The number of hydrogen-bond donors (Lipinski definition) is 1. The second-order valence-electron chi connectivity index (χ2n) is 6.56. The number of hydrogen-bond acceptors (Lipinski definition) is 4. The molecule has 1 N–H and O–H groups in total. The first-order chi connectivity index (χ1) is 13.2. The summed E-state index contributed by atoms with van der Waals surface area (Å²) in [4.78, 5) is 13.3. The Labute approximate surface area is 161 Å². The van der Waals surface area contributed by atoms with E-state index in [0.717, 1.165) is 6.07 Å². The first-order valence-corrected chi connectivity index (χ1v) is 10.2. The van der Waals surface area contributed by atoms with Gasteiger partial charge < -0.3 is 10.2 Å². The Hall–Kier alpha value is -2.55. The van der Waals surface area contributed by atoms with Gasteiger partial charge in [0.2, 0.25) is 5.91 Å². The van der Waals surface area contributed by atoms with Gasteiger partial charge in [-0.05, 0) is 37.1 Å².